The lowest BCUT2D eigenvalue weighted by Crippen LogP contribution is -2.44. The minimum absolute atomic E-state index is 0.00551. The monoisotopic (exact) mass is 655 g/mol. The Balaban J connectivity index is 1.43. The zero-order chi connectivity index (χ0) is 34.5. The zero-order valence-corrected chi connectivity index (χ0v) is 28.3. The Morgan fingerprint density at radius 2 is 1.89 bits per heavy atom. The van der Waals surface area contributed by atoms with Crippen molar-refractivity contribution in [3.05, 3.63) is 41.2 Å². The van der Waals surface area contributed by atoms with Crippen molar-refractivity contribution in [2.24, 2.45) is 0 Å². The molecule has 256 valence electrons. The van der Waals surface area contributed by atoms with Gasteiger partial charge in [0.15, 0.2) is 17.0 Å². The second-order valence-corrected chi connectivity index (χ2v) is 13.3. The lowest BCUT2D eigenvalue weighted by molar-refractivity contribution is -0.157. The highest BCUT2D eigenvalue weighted by molar-refractivity contribution is 5.96. The second kappa shape index (κ2) is 14.8. The summed E-state index contributed by atoms with van der Waals surface area (Å²) in [5.74, 6) is -0.929. The van der Waals surface area contributed by atoms with Gasteiger partial charge in [0.25, 0.3) is 0 Å². The van der Waals surface area contributed by atoms with Gasteiger partial charge in [0, 0.05) is 24.3 Å². The lowest BCUT2D eigenvalue weighted by atomic mass is 9.78. The molecule has 47 heavy (non-hydrogen) atoms. The Morgan fingerprint density at radius 1 is 1.17 bits per heavy atom. The summed E-state index contributed by atoms with van der Waals surface area (Å²) in [7, 11) is 0. The molecule has 0 spiro atoms. The van der Waals surface area contributed by atoms with E-state index in [0.29, 0.717) is 12.2 Å². The Kier molecular flexibility index (Phi) is 11.3. The lowest BCUT2D eigenvalue weighted by Gasteiger charge is -2.31. The number of hydrogen-bond donors (Lipinski definition) is 2. The number of nitrogens with one attached hydrogen (secondary N) is 1. The average Bonchev–Trinajstić information content (AvgIpc) is 3.51. The van der Waals surface area contributed by atoms with E-state index in [-0.39, 0.29) is 48.9 Å². The van der Waals surface area contributed by atoms with Gasteiger partial charge in [-0.3, -0.25) is 14.4 Å². The topological polar surface area (TPSA) is 155 Å². The minimum Gasteiger partial charge on any atom is -0.462 e. The molecule has 1 fully saturated rings. The number of halogens is 1. The van der Waals surface area contributed by atoms with Crippen LogP contribution in [0.15, 0.2) is 18.5 Å². The molecule has 1 aromatic carbocycles. The summed E-state index contributed by atoms with van der Waals surface area (Å²) in [6.45, 7) is 12.4. The summed E-state index contributed by atoms with van der Waals surface area (Å²) in [5, 5.41) is 14.0. The number of aryl methyl sites for hydroxylation is 2. The third kappa shape index (κ3) is 8.50. The molecule has 1 unspecified atom stereocenters. The molecular weight excluding hydrogens is 609 g/mol. The maximum absolute atomic E-state index is 14.5. The van der Waals surface area contributed by atoms with Gasteiger partial charge in [0.05, 0.1) is 25.4 Å². The van der Waals surface area contributed by atoms with Crippen LogP contribution in [0.4, 0.5) is 10.2 Å². The number of nitrogens with zero attached hydrogens (tertiary/aromatic N) is 4. The predicted molar refractivity (Wildman–Crippen MR) is 173 cm³/mol. The molecule has 1 aliphatic heterocycles. The highest BCUT2D eigenvalue weighted by Crippen LogP contribution is 2.39. The van der Waals surface area contributed by atoms with Gasteiger partial charge in [-0.05, 0) is 44.4 Å². The Morgan fingerprint density at radius 3 is 2.60 bits per heavy atom. The number of carbonyl (C=O) groups is 3. The van der Waals surface area contributed by atoms with Crippen LogP contribution >= 0.6 is 0 Å². The van der Waals surface area contributed by atoms with Gasteiger partial charge in [-0.25, -0.2) is 4.98 Å². The number of aromatic nitrogens is 4. The number of anilines is 1. The molecule has 1 aliphatic rings. The number of amides is 1. The number of unbranched alkanes of at least 4 members (excludes halogenated alkanes) is 4. The first-order valence-electron chi connectivity index (χ1n) is 16.1. The van der Waals surface area contributed by atoms with Crippen molar-refractivity contribution in [3.63, 3.8) is 0 Å². The first-order valence-corrected chi connectivity index (χ1v) is 16.1. The Labute approximate surface area is 274 Å². The molecule has 0 saturated carbocycles. The van der Waals surface area contributed by atoms with Crippen LogP contribution in [0, 0.1) is 19.9 Å². The predicted octanol–water partition coefficient (Wildman–Crippen LogP) is 5.41. The van der Waals surface area contributed by atoms with Crippen LogP contribution in [0.25, 0.3) is 11.2 Å². The number of rotatable bonds is 14. The van der Waals surface area contributed by atoms with Crippen molar-refractivity contribution < 1.29 is 38.1 Å². The summed E-state index contributed by atoms with van der Waals surface area (Å²) in [6, 6.07) is 2.99. The number of ether oxygens (including phenoxy) is 3. The van der Waals surface area contributed by atoms with Crippen LogP contribution in [0.1, 0.15) is 102 Å². The van der Waals surface area contributed by atoms with E-state index >= 15 is 0 Å². The average molecular weight is 656 g/mol. The van der Waals surface area contributed by atoms with E-state index in [9.17, 15) is 23.9 Å². The van der Waals surface area contributed by atoms with Gasteiger partial charge in [-0.15, -0.1) is 0 Å². The molecule has 12 nitrogen and oxygen atoms in total. The van der Waals surface area contributed by atoms with E-state index in [1.165, 1.54) is 17.8 Å². The normalized spacial score (nSPS) is 19.6. The number of esters is 2. The van der Waals surface area contributed by atoms with Gasteiger partial charge in [-0.2, -0.15) is 14.4 Å². The van der Waals surface area contributed by atoms with E-state index in [0.717, 1.165) is 42.4 Å². The maximum Gasteiger partial charge on any atom is 0.312 e. The first-order chi connectivity index (χ1) is 22.1. The smallest absolute Gasteiger partial charge is 0.312 e. The number of aliphatic hydroxyl groups is 1. The standard InChI is InChI=1S/C34H46FN5O7/c1-8-9-10-11-12-13-25(42)37-30-28-31(39-32(35)38-30)40(19-36-28)23-17-46-34(7,29(23)44)18-45-26(43)16-33(5,6)27-21(3)14-20(2)15-24(27)47-22(4)41/h14-15,19,23,29,44H,8-13,16-18H2,1-7H3,(H,37,38,39,42)/t23?,29-,34+/m0/s1. The fraction of sp³-hybridized carbons (Fsp3) is 0.588. The summed E-state index contributed by atoms with van der Waals surface area (Å²) in [6.07, 6.45) is 4.31. The summed E-state index contributed by atoms with van der Waals surface area (Å²) in [4.78, 5) is 49.4. The third-order valence-corrected chi connectivity index (χ3v) is 8.57. The first kappa shape index (κ1) is 35.9. The van der Waals surface area contributed by atoms with E-state index in [1.807, 2.05) is 33.8 Å². The van der Waals surface area contributed by atoms with E-state index in [1.54, 1.807) is 13.0 Å². The van der Waals surface area contributed by atoms with Crippen molar-refractivity contribution in [2.75, 3.05) is 18.5 Å². The summed E-state index contributed by atoms with van der Waals surface area (Å²) < 4.78 is 33.1. The molecule has 0 bridgehead atoms. The van der Waals surface area contributed by atoms with Crippen molar-refractivity contribution >= 4 is 34.8 Å². The van der Waals surface area contributed by atoms with Crippen LogP contribution in [0.2, 0.25) is 0 Å². The quantitative estimate of drug-likeness (QED) is 0.0997. The Bertz CT molecular complexity index is 1620. The largest absolute Gasteiger partial charge is 0.462 e. The van der Waals surface area contributed by atoms with Gasteiger partial charge >= 0.3 is 18.0 Å². The molecule has 0 radical (unpaired) electrons. The minimum atomic E-state index is -1.29. The van der Waals surface area contributed by atoms with Crippen LogP contribution < -0.4 is 10.1 Å². The fourth-order valence-corrected chi connectivity index (χ4v) is 6.28. The molecule has 3 heterocycles. The molecule has 4 rings (SSSR count). The van der Waals surface area contributed by atoms with Gasteiger partial charge in [0.1, 0.15) is 24.1 Å². The van der Waals surface area contributed by atoms with Gasteiger partial charge < -0.3 is 29.2 Å². The van der Waals surface area contributed by atoms with Crippen molar-refractivity contribution in [1.82, 2.24) is 19.5 Å². The zero-order valence-electron chi connectivity index (χ0n) is 28.3. The molecule has 1 saturated heterocycles. The van der Waals surface area contributed by atoms with Gasteiger partial charge in [0.2, 0.25) is 5.91 Å². The highest BCUT2D eigenvalue weighted by atomic mass is 19.1. The number of hydrogen-bond acceptors (Lipinski definition) is 10. The van der Waals surface area contributed by atoms with Crippen LogP contribution in [0.3, 0.4) is 0 Å². The fourth-order valence-electron chi connectivity index (χ4n) is 6.28. The van der Waals surface area contributed by atoms with Crippen LogP contribution in [-0.4, -0.2) is 67.4 Å². The summed E-state index contributed by atoms with van der Waals surface area (Å²) >= 11 is 0. The molecular formula is C34H46FN5O7. The summed E-state index contributed by atoms with van der Waals surface area (Å²) in [5.41, 5.74) is 0.751. The molecule has 3 aromatic rings. The molecule has 2 N–H and O–H groups in total. The third-order valence-electron chi connectivity index (χ3n) is 8.57. The maximum atomic E-state index is 14.5. The number of imidazole rings is 1. The number of carbonyl (C=O) groups excluding carboxylic acids is 3. The van der Waals surface area contributed by atoms with Crippen LogP contribution in [0.5, 0.6) is 5.75 Å². The second-order valence-electron chi connectivity index (χ2n) is 13.3. The molecule has 0 aliphatic carbocycles. The van der Waals surface area contributed by atoms with E-state index in [2.05, 4.69) is 27.2 Å². The van der Waals surface area contributed by atoms with E-state index in [4.69, 9.17) is 14.2 Å². The molecule has 2 aromatic heterocycles. The van der Waals surface area contributed by atoms with E-state index < -0.39 is 41.2 Å². The molecule has 1 amide bonds. The number of aliphatic hydroxyl groups excluding tert-OH is 1. The number of benzene rings is 1. The number of fused-ring (bicyclic) bond motifs is 1. The van der Waals surface area contributed by atoms with Crippen LogP contribution in [-0.2, 0) is 29.3 Å². The molecule has 13 heteroatoms. The SMILES string of the molecule is CCCCCCCC(=O)Nc1nc(F)nc2c1ncn2C1CO[C@](C)(COC(=O)CC(C)(C)c2c(C)cc(C)cc2OC(C)=O)[C@H]1O. The van der Waals surface area contributed by atoms with Crippen molar-refractivity contribution in [1.29, 1.82) is 0 Å². The van der Waals surface area contributed by atoms with Gasteiger partial charge in [-0.1, -0.05) is 52.5 Å². The highest BCUT2D eigenvalue weighted by Gasteiger charge is 2.48. The molecule has 3 atom stereocenters. The van der Waals surface area contributed by atoms with Crippen molar-refractivity contribution in [3.8, 4) is 5.75 Å². The Hall–Kier alpha value is -3.97. The van der Waals surface area contributed by atoms with Crippen molar-refractivity contribution in [2.45, 2.75) is 117 Å².